The Morgan fingerprint density at radius 1 is 1.23 bits per heavy atom. The molecule has 1 aliphatic rings. The summed E-state index contributed by atoms with van der Waals surface area (Å²) < 4.78 is 0. The fraction of sp³-hybridized carbons (Fsp3) is 0.333. The van der Waals surface area contributed by atoms with E-state index in [1.54, 1.807) is 17.7 Å². The van der Waals surface area contributed by atoms with E-state index in [1.165, 1.54) is 16.6 Å². The Morgan fingerprint density at radius 2 is 2.08 bits per heavy atom. The highest BCUT2D eigenvalue weighted by molar-refractivity contribution is 7.18. The first-order valence-electron chi connectivity index (χ1n) is 7.73. The summed E-state index contributed by atoms with van der Waals surface area (Å²) in [6.45, 7) is 2.38. The molecule has 1 aliphatic heterocycles. The number of anilines is 1. The highest BCUT2D eigenvalue weighted by Gasteiger charge is 2.19. The molecule has 0 amide bonds. The van der Waals surface area contributed by atoms with Crippen LogP contribution in [0.1, 0.15) is 16.0 Å². The fourth-order valence-electron chi connectivity index (χ4n) is 2.93. The summed E-state index contributed by atoms with van der Waals surface area (Å²) in [4.78, 5) is 38.5. The third kappa shape index (κ3) is 3.90. The Hall–Kier alpha value is -1.94. The quantitative estimate of drug-likeness (QED) is 0.507. The van der Waals surface area contributed by atoms with E-state index < -0.39 is 5.69 Å². The summed E-state index contributed by atoms with van der Waals surface area (Å²) in [5.41, 5.74) is 1.00. The molecule has 0 unspecified atom stereocenters. The van der Waals surface area contributed by atoms with Crippen LogP contribution in [-0.4, -0.2) is 33.0 Å². The first kappa shape index (κ1) is 20.4. The number of nitrogens with zero attached hydrogens (tertiary/aromatic N) is 2. The standard InChI is InChI=1S/C15H16N6O2S.2ClH/c22-13-8(5-18-15(23)21-13)1-4-17-12-11-9-2-3-16-6-10(9)24-14(11)20-7-19-12;;/h5,7,16H,1-4,6H2,(H,17,19,20)(H2,18,21,22,23);2*1H. The molecule has 140 valence electrons. The average Bonchev–Trinajstić information content (AvgIpc) is 2.96. The monoisotopic (exact) mass is 416 g/mol. The van der Waals surface area contributed by atoms with Gasteiger partial charge in [0.05, 0.1) is 5.39 Å². The van der Waals surface area contributed by atoms with Gasteiger partial charge in [-0.25, -0.2) is 14.8 Å². The molecular formula is C15H18Cl2N6O2S. The molecule has 0 saturated heterocycles. The molecule has 0 spiro atoms. The normalized spacial score (nSPS) is 12.8. The number of hydrogen-bond donors (Lipinski definition) is 4. The average molecular weight is 417 g/mol. The van der Waals surface area contributed by atoms with Crippen molar-refractivity contribution in [3.63, 3.8) is 0 Å². The molecule has 8 nitrogen and oxygen atoms in total. The van der Waals surface area contributed by atoms with Crippen molar-refractivity contribution in [3.8, 4) is 0 Å². The van der Waals surface area contributed by atoms with Crippen molar-refractivity contribution in [2.24, 2.45) is 0 Å². The van der Waals surface area contributed by atoms with Gasteiger partial charge < -0.3 is 15.6 Å². The van der Waals surface area contributed by atoms with E-state index in [2.05, 4.69) is 30.6 Å². The second-order valence-electron chi connectivity index (χ2n) is 5.61. The third-order valence-electron chi connectivity index (χ3n) is 4.09. The lowest BCUT2D eigenvalue weighted by Crippen LogP contribution is -2.25. The number of fused-ring (bicyclic) bond motifs is 3. The predicted octanol–water partition coefficient (Wildman–Crippen LogP) is 1.21. The Labute approximate surface area is 164 Å². The number of thiophene rings is 1. The Bertz CT molecular complexity index is 1020. The zero-order valence-electron chi connectivity index (χ0n) is 13.6. The van der Waals surface area contributed by atoms with Crippen LogP contribution >= 0.6 is 36.2 Å². The van der Waals surface area contributed by atoms with Crippen LogP contribution in [0.4, 0.5) is 5.82 Å². The number of hydrogen-bond acceptors (Lipinski definition) is 7. The first-order valence-corrected chi connectivity index (χ1v) is 8.55. The smallest absolute Gasteiger partial charge is 0.325 e. The second-order valence-corrected chi connectivity index (χ2v) is 6.69. The van der Waals surface area contributed by atoms with Crippen molar-refractivity contribution in [2.45, 2.75) is 19.4 Å². The van der Waals surface area contributed by atoms with Crippen LogP contribution in [-0.2, 0) is 19.4 Å². The SMILES string of the molecule is Cl.Cl.O=c1[nH]cc(CCNc2ncnc3sc4c(c23)CCNC4)c(=O)[nH]1. The van der Waals surface area contributed by atoms with Crippen molar-refractivity contribution in [3.05, 3.63) is 49.4 Å². The number of H-pyrrole nitrogens is 2. The van der Waals surface area contributed by atoms with Gasteiger partial charge in [-0.15, -0.1) is 36.2 Å². The molecular weight excluding hydrogens is 399 g/mol. The van der Waals surface area contributed by atoms with Gasteiger partial charge in [0.2, 0.25) is 0 Å². The Balaban J connectivity index is 0.00000121. The second kappa shape index (κ2) is 8.63. The van der Waals surface area contributed by atoms with Crippen LogP contribution in [0.5, 0.6) is 0 Å². The van der Waals surface area contributed by atoms with E-state index >= 15 is 0 Å². The van der Waals surface area contributed by atoms with E-state index in [0.717, 1.165) is 35.5 Å². The van der Waals surface area contributed by atoms with Gasteiger partial charge in [-0.05, 0) is 24.9 Å². The van der Waals surface area contributed by atoms with Crippen LogP contribution in [0.3, 0.4) is 0 Å². The van der Waals surface area contributed by atoms with E-state index in [-0.39, 0.29) is 30.4 Å². The molecule has 0 bridgehead atoms. The van der Waals surface area contributed by atoms with Crippen LogP contribution in [0, 0.1) is 0 Å². The lowest BCUT2D eigenvalue weighted by atomic mass is 10.1. The molecule has 11 heteroatoms. The number of nitrogens with one attached hydrogen (secondary N) is 4. The lowest BCUT2D eigenvalue weighted by molar-refractivity contribution is 0.657. The van der Waals surface area contributed by atoms with E-state index in [9.17, 15) is 9.59 Å². The van der Waals surface area contributed by atoms with Crippen LogP contribution in [0.2, 0.25) is 0 Å². The summed E-state index contributed by atoms with van der Waals surface area (Å²) in [6.07, 6.45) is 4.48. The molecule has 0 fully saturated rings. The minimum atomic E-state index is -0.493. The van der Waals surface area contributed by atoms with Crippen molar-refractivity contribution in [1.29, 1.82) is 0 Å². The first-order chi connectivity index (χ1) is 11.7. The third-order valence-corrected chi connectivity index (χ3v) is 5.23. The van der Waals surface area contributed by atoms with Gasteiger partial charge in [-0.2, -0.15) is 0 Å². The largest absolute Gasteiger partial charge is 0.369 e. The van der Waals surface area contributed by atoms with Gasteiger partial charge >= 0.3 is 5.69 Å². The van der Waals surface area contributed by atoms with Crippen molar-refractivity contribution in [2.75, 3.05) is 18.4 Å². The molecule has 3 aromatic rings. The lowest BCUT2D eigenvalue weighted by Gasteiger charge is -2.13. The van der Waals surface area contributed by atoms with Crippen LogP contribution < -0.4 is 21.9 Å². The molecule has 4 N–H and O–H groups in total. The van der Waals surface area contributed by atoms with Crippen LogP contribution in [0.15, 0.2) is 22.1 Å². The molecule has 0 radical (unpaired) electrons. The van der Waals surface area contributed by atoms with E-state index in [0.29, 0.717) is 18.5 Å². The van der Waals surface area contributed by atoms with E-state index in [4.69, 9.17) is 0 Å². The van der Waals surface area contributed by atoms with Crippen molar-refractivity contribution >= 4 is 52.2 Å². The predicted molar refractivity (Wildman–Crippen MR) is 107 cm³/mol. The highest BCUT2D eigenvalue weighted by atomic mass is 35.5. The maximum absolute atomic E-state index is 11.7. The van der Waals surface area contributed by atoms with Gasteiger partial charge in [-0.3, -0.25) is 9.78 Å². The topological polar surface area (TPSA) is 116 Å². The maximum Gasteiger partial charge on any atom is 0.325 e. The number of rotatable bonds is 4. The summed E-state index contributed by atoms with van der Waals surface area (Å²) >= 11 is 1.70. The highest BCUT2D eigenvalue weighted by Crippen LogP contribution is 2.35. The summed E-state index contributed by atoms with van der Waals surface area (Å²) in [5.74, 6) is 0.806. The summed E-state index contributed by atoms with van der Waals surface area (Å²) in [6, 6.07) is 0. The molecule has 4 rings (SSSR count). The zero-order chi connectivity index (χ0) is 16.5. The molecule has 0 saturated carbocycles. The molecule has 0 aromatic carbocycles. The zero-order valence-corrected chi connectivity index (χ0v) is 16.1. The van der Waals surface area contributed by atoms with Gasteiger partial charge in [0.15, 0.2) is 0 Å². The number of aromatic amines is 2. The molecule has 0 atom stereocenters. The maximum atomic E-state index is 11.7. The minimum Gasteiger partial charge on any atom is -0.369 e. The Morgan fingerprint density at radius 3 is 2.88 bits per heavy atom. The molecule has 4 heterocycles. The van der Waals surface area contributed by atoms with Gasteiger partial charge in [0, 0.05) is 29.7 Å². The number of halogens is 2. The number of aromatic nitrogens is 4. The minimum absolute atomic E-state index is 0. The molecule has 0 aliphatic carbocycles. The Kier molecular flexibility index (Phi) is 6.76. The fourth-order valence-corrected chi connectivity index (χ4v) is 4.09. The van der Waals surface area contributed by atoms with Crippen molar-refractivity contribution in [1.82, 2.24) is 25.3 Å². The van der Waals surface area contributed by atoms with E-state index in [1.807, 2.05) is 0 Å². The van der Waals surface area contributed by atoms with Gasteiger partial charge in [0.1, 0.15) is 17.0 Å². The summed E-state index contributed by atoms with van der Waals surface area (Å²) in [7, 11) is 0. The summed E-state index contributed by atoms with van der Waals surface area (Å²) in [5, 5.41) is 7.77. The molecule has 3 aromatic heterocycles. The van der Waals surface area contributed by atoms with Crippen molar-refractivity contribution < 1.29 is 0 Å². The van der Waals surface area contributed by atoms with Gasteiger partial charge in [0.25, 0.3) is 5.56 Å². The van der Waals surface area contributed by atoms with Gasteiger partial charge in [-0.1, -0.05) is 0 Å². The molecule has 26 heavy (non-hydrogen) atoms. The van der Waals surface area contributed by atoms with Crippen LogP contribution in [0.25, 0.3) is 10.2 Å².